The van der Waals surface area contributed by atoms with Gasteiger partial charge in [0.2, 0.25) is 0 Å². The van der Waals surface area contributed by atoms with Gasteiger partial charge in [0.05, 0.1) is 12.2 Å². The quantitative estimate of drug-likeness (QED) is 0.871. The zero-order valence-electron chi connectivity index (χ0n) is 11.4. The number of nitrogens with one attached hydrogen (secondary N) is 1. The van der Waals surface area contributed by atoms with Crippen LogP contribution < -0.4 is 5.32 Å². The van der Waals surface area contributed by atoms with Gasteiger partial charge in [-0.2, -0.15) is 0 Å². The molecule has 1 aliphatic rings. The minimum Gasteiger partial charge on any atom is -0.368 e. The van der Waals surface area contributed by atoms with Crippen molar-refractivity contribution in [3.63, 3.8) is 0 Å². The van der Waals surface area contributed by atoms with Crippen LogP contribution in [0, 0.1) is 11.2 Å². The molecule has 1 N–H and O–H groups in total. The lowest BCUT2D eigenvalue weighted by molar-refractivity contribution is -0.0552. The molecule has 0 amide bonds. The highest BCUT2D eigenvalue weighted by atomic mass is 19.1. The number of hydrogen-bond donors (Lipinski definition) is 1. The number of hydrogen-bond acceptors (Lipinski definition) is 2. The summed E-state index contributed by atoms with van der Waals surface area (Å²) in [5.74, 6) is -0.200. The standard InChI is InChI=1S/C15H22FNO/c1-15(2,3)8-13-9-17-10-14(18-13)11-4-6-12(16)7-5-11/h4-7,13-14,17H,8-10H2,1-3H3. The van der Waals surface area contributed by atoms with Gasteiger partial charge in [-0.15, -0.1) is 0 Å². The third kappa shape index (κ3) is 3.79. The lowest BCUT2D eigenvalue weighted by Crippen LogP contribution is -2.42. The maximum absolute atomic E-state index is 12.9. The number of ether oxygens (including phenoxy) is 1. The molecule has 1 fully saturated rings. The minimum absolute atomic E-state index is 0.0340. The highest BCUT2D eigenvalue weighted by Gasteiger charge is 2.26. The molecule has 1 aliphatic heterocycles. The van der Waals surface area contributed by atoms with Crippen LogP contribution in [0.2, 0.25) is 0 Å². The maximum Gasteiger partial charge on any atom is 0.123 e. The van der Waals surface area contributed by atoms with Gasteiger partial charge in [0.1, 0.15) is 5.82 Å². The molecule has 0 saturated carbocycles. The van der Waals surface area contributed by atoms with E-state index in [2.05, 4.69) is 26.1 Å². The molecule has 2 unspecified atom stereocenters. The first-order valence-corrected chi connectivity index (χ1v) is 6.56. The minimum atomic E-state index is -0.200. The van der Waals surface area contributed by atoms with Crippen LogP contribution in [-0.4, -0.2) is 19.2 Å². The normalized spacial score (nSPS) is 25.1. The van der Waals surface area contributed by atoms with E-state index in [0.717, 1.165) is 25.1 Å². The second kappa shape index (κ2) is 5.37. The molecule has 2 atom stereocenters. The average Bonchev–Trinajstić information content (AvgIpc) is 2.28. The van der Waals surface area contributed by atoms with Crippen LogP contribution in [0.3, 0.4) is 0 Å². The third-order valence-corrected chi connectivity index (χ3v) is 3.14. The molecular weight excluding hydrogens is 229 g/mol. The summed E-state index contributed by atoms with van der Waals surface area (Å²) < 4.78 is 19.0. The van der Waals surface area contributed by atoms with Gasteiger partial charge in [-0.3, -0.25) is 0 Å². The fourth-order valence-corrected chi connectivity index (χ4v) is 2.38. The molecule has 0 aromatic heterocycles. The second-order valence-corrected chi connectivity index (χ2v) is 6.22. The van der Waals surface area contributed by atoms with Crippen molar-refractivity contribution < 1.29 is 9.13 Å². The molecule has 1 aromatic carbocycles. The summed E-state index contributed by atoms with van der Waals surface area (Å²) in [6.45, 7) is 8.36. The highest BCUT2D eigenvalue weighted by Crippen LogP contribution is 2.28. The number of halogens is 1. The fourth-order valence-electron chi connectivity index (χ4n) is 2.38. The van der Waals surface area contributed by atoms with Crippen molar-refractivity contribution in [2.24, 2.45) is 5.41 Å². The molecule has 3 heteroatoms. The largest absolute Gasteiger partial charge is 0.368 e. The Bertz CT molecular complexity index is 382. The summed E-state index contributed by atoms with van der Waals surface area (Å²) >= 11 is 0. The molecule has 0 aliphatic carbocycles. The van der Waals surface area contributed by atoms with Crippen LogP contribution in [0.15, 0.2) is 24.3 Å². The van der Waals surface area contributed by atoms with Gasteiger partial charge in [-0.25, -0.2) is 4.39 Å². The number of morpholine rings is 1. The molecule has 2 rings (SSSR count). The monoisotopic (exact) mass is 251 g/mol. The second-order valence-electron chi connectivity index (χ2n) is 6.22. The van der Waals surface area contributed by atoms with Crippen molar-refractivity contribution in [3.05, 3.63) is 35.6 Å². The Balaban J connectivity index is 2.00. The summed E-state index contributed by atoms with van der Waals surface area (Å²) in [7, 11) is 0. The molecule has 100 valence electrons. The molecule has 1 heterocycles. The highest BCUT2D eigenvalue weighted by molar-refractivity contribution is 5.19. The van der Waals surface area contributed by atoms with Crippen LogP contribution in [0.4, 0.5) is 4.39 Å². The first kappa shape index (κ1) is 13.5. The number of benzene rings is 1. The van der Waals surface area contributed by atoms with Crippen molar-refractivity contribution in [3.8, 4) is 0 Å². The predicted octanol–water partition coefficient (Wildman–Crippen LogP) is 3.29. The van der Waals surface area contributed by atoms with E-state index in [9.17, 15) is 4.39 Å². The molecule has 2 nitrogen and oxygen atoms in total. The van der Waals surface area contributed by atoms with Crippen LogP contribution in [-0.2, 0) is 4.74 Å². The molecule has 0 radical (unpaired) electrons. The maximum atomic E-state index is 12.9. The van der Waals surface area contributed by atoms with E-state index in [-0.39, 0.29) is 23.4 Å². The Morgan fingerprint density at radius 2 is 1.89 bits per heavy atom. The van der Waals surface area contributed by atoms with Crippen LogP contribution >= 0.6 is 0 Å². The molecule has 1 saturated heterocycles. The summed E-state index contributed by atoms with van der Waals surface area (Å²) in [5, 5.41) is 3.40. The Morgan fingerprint density at radius 3 is 2.50 bits per heavy atom. The van der Waals surface area contributed by atoms with Gasteiger partial charge in [0.25, 0.3) is 0 Å². The Labute approximate surface area is 109 Å². The average molecular weight is 251 g/mol. The third-order valence-electron chi connectivity index (χ3n) is 3.14. The van der Waals surface area contributed by atoms with E-state index in [4.69, 9.17) is 4.74 Å². The van der Waals surface area contributed by atoms with Crippen molar-refractivity contribution in [1.82, 2.24) is 5.32 Å². The van der Waals surface area contributed by atoms with Gasteiger partial charge < -0.3 is 10.1 Å². The lowest BCUT2D eigenvalue weighted by atomic mass is 9.88. The SMILES string of the molecule is CC(C)(C)CC1CNCC(c2ccc(F)cc2)O1. The molecule has 1 aromatic rings. The van der Waals surface area contributed by atoms with Crippen molar-refractivity contribution in [2.45, 2.75) is 39.4 Å². The Kier molecular flexibility index (Phi) is 4.03. The zero-order chi connectivity index (χ0) is 13.2. The van der Waals surface area contributed by atoms with Crippen molar-refractivity contribution in [2.75, 3.05) is 13.1 Å². The Hall–Kier alpha value is -0.930. The van der Waals surface area contributed by atoms with Crippen LogP contribution in [0.25, 0.3) is 0 Å². The first-order valence-electron chi connectivity index (χ1n) is 6.56. The lowest BCUT2D eigenvalue weighted by Gasteiger charge is -2.34. The van der Waals surface area contributed by atoms with Gasteiger partial charge >= 0.3 is 0 Å². The van der Waals surface area contributed by atoms with E-state index in [1.54, 1.807) is 12.1 Å². The van der Waals surface area contributed by atoms with Crippen LogP contribution in [0.1, 0.15) is 38.9 Å². The van der Waals surface area contributed by atoms with E-state index in [0.29, 0.717) is 0 Å². The van der Waals surface area contributed by atoms with E-state index >= 15 is 0 Å². The van der Waals surface area contributed by atoms with Crippen molar-refractivity contribution >= 4 is 0 Å². The van der Waals surface area contributed by atoms with E-state index in [1.165, 1.54) is 12.1 Å². The Morgan fingerprint density at radius 1 is 1.22 bits per heavy atom. The summed E-state index contributed by atoms with van der Waals surface area (Å²) in [5.41, 5.74) is 1.30. The zero-order valence-corrected chi connectivity index (χ0v) is 11.4. The van der Waals surface area contributed by atoms with E-state index in [1.807, 2.05) is 0 Å². The molecule has 0 bridgehead atoms. The van der Waals surface area contributed by atoms with Crippen molar-refractivity contribution in [1.29, 1.82) is 0 Å². The smallest absolute Gasteiger partial charge is 0.123 e. The predicted molar refractivity (Wildman–Crippen MR) is 71.0 cm³/mol. The van der Waals surface area contributed by atoms with Gasteiger partial charge in [0.15, 0.2) is 0 Å². The van der Waals surface area contributed by atoms with E-state index < -0.39 is 0 Å². The van der Waals surface area contributed by atoms with Gasteiger partial charge in [0, 0.05) is 13.1 Å². The molecule has 18 heavy (non-hydrogen) atoms. The topological polar surface area (TPSA) is 21.3 Å². The summed E-state index contributed by atoms with van der Waals surface area (Å²) in [6, 6.07) is 6.60. The van der Waals surface area contributed by atoms with Gasteiger partial charge in [-0.1, -0.05) is 32.9 Å². The number of rotatable bonds is 2. The summed E-state index contributed by atoms with van der Waals surface area (Å²) in [6.07, 6.45) is 1.29. The molecular formula is C15H22FNO. The molecule has 0 spiro atoms. The van der Waals surface area contributed by atoms with Crippen LogP contribution in [0.5, 0.6) is 0 Å². The summed E-state index contributed by atoms with van der Waals surface area (Å²) in [4.78, 5) is 0. The van der Waals surface area contributed by atoms with Gasteiger partial charge in [-0.05, 0) is 29.5 Å². The fraction of sp³-hybridized carbons (Fsp3) is 0.600. The first-order chi connectivity index (χ1) is 8.44.